The zero-order valence-corrected chi connectivity index (χ0v) is 10.6. The Morgan fingerprint density at radius 1 is 1.29 bits per heavy atom. The minimum atomic E-state index is -0.283. The highest BCUT2D eigenvalue weighted by Crippen LogP contribution is 2.24. The molecule has 0 aliphatic rings. The van der Waals surface area contributed by atoms with E-state index in [4.69, 9.17) is 4.52 Å². The van der Waals surface area contributed by atoms with E-state index >= 15 is 0 Å². The highest BCUT2D eigenvalue weighted by atomic mass is 19.1. The minimum Gasteiger partial charge on any atom is -0.356 e. The Kier molecular flexibility index (Phi) is 3.18. The first kappa shape index (κ1) is 12.1. The van der Waals surface area contributed by atoms with Gasteiger partial charge in [0.05, 0.1) is 5.69 Å². The van der Waals surface area contributed by atoms with E-state index in [1.807, 2.05) is 0 Å². The molecular weight excluding hydrogens is 217 g/mol. The van der Waals surface area contributed by atoms with Crippen molar-refractivity contribution in [1.82, 2.24) is 5.16 Å². The SMILES string of the molecule is CC(C)(C)CCCc1noc2cc(F)ccc12. The minimum absolute atomic E-state index is 0.283. The van der Waals surface area contributed by atoms with Gasteiger partial charge in [0.2, 0.25) is 0 Å². The van der Waals surface area contributed by atoms with E-state index in [2.05, 4.69) is 25.9 Å². The summed E-state index contributed by atoms with van der Waals surface area (Å²) in [5.74, 6) is -0.283. The van der Waals surface area contributed by atoms with Crippen LogP contribution >= 0.6 is 0 Å². The van der Waals surface area contributed by atoms with Gasteiger partial charge in [0, 0.05) is 11.5 Å². The molecule has 0 atom stereocenters. The Labute approximate surface area is 101 Å². The number of rotatable bonds is 3. The summed E-state index contributed by atoms with van der Waals surface area (Å²) in [6.45, 7) is 6.68. The van der Waals surface area contributed by atoms with Gasteiger partial charge < -0.3 is 4.52 Å². The molecule has 2 aromatic rings. The fourth-order valence-corrected chi connectivity index (χ4v) is 1.93. The van der Waals surface area contributed by atoms with Gasteiger partial charge in [0.25, 0.3) is 0 Å². The van der Waals surface area contributed by atoms with Crippen LogP contribution in [0.5, 0.6) is 0 Å². The molecule has 92 valence electrons. The smallest absolute Gasteiger partial charge is 0.170 e. The normalized spacial score (nSPS) is 12.2. The van der Waals surface area contributed by atoms with Gasteiger partial charge in [-0.3, -0.25) is 0 Å². The molecule has 0 spiro atoms. The summed E-state index contributed by atoms with van der Waals surface area (Å²) in [6.07, 6.45) is 3.10. The van der Waals surface area contributed by atoms with Crippen molar-refractivity contribution < 1.29 is 8.91 Å². The van der Waals surface area contributed by atoms with Crippen LogP contribution in [-0.4, -0.2) is 5.16 Å². The molecule has 1 aromatic carbocycles. The molecular formula is C14H18FNO. The quantitative estimate of drug-likeness (QED) is 0.791. The lowest BCUT2D eigenvalue weighted by Crippen LogP contribution is -2.05. The van der Waals surface area contributed by atoms with Gasteiger partial charge in [-0.15, -0.1) is 0 Å². The van der Waals surface area contributed by atoms with Gasteiger partial charge in [-0.25, -0.2) is 4.39 Å². The van der Waals surface area contributed by atoms with Crippen LogP contribution in [-0.2, 0) is 6.42 Å². The third-order valence-electron chi connectivity index (χ3n) is 2.85. The van der Waals surface area contributed by atoms with Crippen molar-refractivity contribution in [3.05, 3.63) is 29.7 Å². The fraction of sp³-hybridized carbons (Fsp3) is 0.500. The molecule has 3 heteroatoms. The van der Waals surface area contributed by atoms with Gasteiger partial charge >= 0.3 is 0 Å². The van der Waals surface area contributed by atoms with Crippen LogP contribution in [0, 0.1) is 11.2 Å². The summed E-state index contributed by atoms with van der Waals surface area (Å²) >= 11 is 0. The highest BCUT2D eigenvalue weighted by molar-refractivity contribution is 5.79. The zero-order chi connectivity index (χ0) is 12.5. The Morgan fingerprint density at radius 2 is 2.06 bits per heavy atom. The van der Waals surface area contributed by atoms with E-state index in [0.29, 0.717) is 11.0 Å². The molecule has 0 fully saturated rings. The van der Waals surface area contributed by atoms with Gasteiger partial charge in [-0.2, -0.15) is 0 Å². The number of aromatic nitrogens is 1. The molecule has 2 rings (SSSR count). The molecule has 0 aliphatic carbocycles. The Balaban J connectivity index is 2.09. The maximum atomic E-state index is 13.0. The Morgan fingerprint density at radius 3 is 2.76 bits per heavy atom. The number of nitrogens with zero attached hydrogens (tertiary/aromatic N) is 1. The molecule has 0 amide bonds. The first-order chi connectivity index (χ1) is 7.96. The average molecular weight is 235 g/mol. The third-order valence-corrected chi connectivity index (χ3v) is 2.85. The van der Waals surface area contributed by atoms with Gasteiger partial charge in [0.1, 0.15) is 5.82 Å². The second kappa shape index (κ2) is 4.47. The number of halogens is 1. The summed E-state index contributed by atoms with van der Waals surface area (Å²) in [4.78, 5) is 0. The van der Waals surface area contributed by atoms with Crippen molar-refractivity contribution in [2.45, 2.75) is 40.0 Å². The molecule has 1 aromatic heterocycles. The lowest BCUT2D eigenvalue weighted by molar-refractivity contribution is 0.362. The van der Waals surface area contributed by atoms with Crippen molar-refractivity contribution in [1.29, 1.82) is 0 Å². The maximum absolute atomic E-state index is 13.0. The number of aryl methyl sites for hydroxylation is 1. The van der Waals surface area contributed by atoms with Crippen LogP contribution in [0.2, 0.25) is 0 Å². The van der Waals surface area contributed by atoms with E-state index in [1.165, 1.54) is 12.1 Å². The van der Waals surface area contributed by atoms with Crippen LogP contribution in [0.25, 0.3) is 11.0 Å². The molecule has 0 radical (unpaired) electrons. The molecule has 1 heterocycles. The lowest BCUT2D eigenvalue weighted by Gasteiger charge is -2.16. The van der Waals surface area contributed by atoms with Gasteiger partial charge in [0.15, 0.2) is 5.58 Å². The monoisotopic (exact) mass is 235 g/mol. The summed E-state index contributed by atoms with van der Waals surface area (Å²) in [5, 5.41) is 4.95. The number of hydrogen-bond acceptors (Lipinski definition) is 2. The van der Waals surface area contributed by atoms with Crippen LogP contribution in [0.1, 0.15) is 39.3 Å². The van der Waals surface area contributed by atoms with Crippen LogP contribution < -0.4 is 0 Å². The molecule has 0 aliphatic heterocycles. The van der Waals surface area contributed by atoms with Gasteiger partial charge in [-0.1, -0.05) is 25.9 Å². The molecule has 0 N–H and O–H groups in total. The predicted molar refractivity (Wildman–Crippen MR) is 66.4 cm³/mol. The average Bonchev–Trinajstić information content (AvgIpc) is 2.59. The van der Waals surface area contributed by atoms with Crippen molar-refractivity contribution in [3.8, 4) is 0 Å². The van der Waals surface area contributed by atoms with Crippen LogP contribution in [0.4, 0.5) is 4.39 Å². The van der Waals surface area contributed by atoms with Crippen LogP contribution in [0.15, 0.2) is 22.7 Å². The second-order valence-corrected chi connectivity index (χ2v) is 5.68. The fourth-order valence-electron chi connectivity index (χ4n) is 1.93. The Bertz CT molecular complexity index is 510. The first-order valence-electron chi connectivity index (χ1n) is 5.99. The zero-order valence-electron chi connectivity index (χ0n) is 10.6. The van der Waals surface area contributed by atoms with Crippen molar-refractivity contribution in [2.24, 2.45) is 5.41 Å². The van der Waals surface area contributed by atoms with E-state index in [1.54, 1.807) is 6.07 Å². The first-order valence-corrected chi connectivity index (χ1v) is 5.99. The van der Waals surface area contributed by atoms with E-state index < -0.39 is 0 Å². The molecule has 0 bridgehead atoms. The summed E-state index contributed by atoms with van der Waals surface area (Å²) < 4.78 is 18.1. The molecule has 0 saturated carbocycles. The molecule has 17 heavy (non-hydrogen) atoms. The van der Waals surface area contributed by atoms with Crippen molar-refractivity contribution in [2.75, 3.05) is 0 Å². The molecule has 0 saturated heterocycles. The van der Waals surface area contributed by atoms with Crippen LogP contribution in [0.3, 0.4) is 0 Å². The predicted octanol–water partition coefficient (Wildman–Crippen LogP) is 4.34. The summed E-state index contributed by atoms with van der Waals surface area (Å²) in [6, 6.07) is 4.58. The summed E-state index contributed by atoms with van der Waals surface area (Å²) in [5.41, 5.74) is 1.81. The van der Waals surface area contributed by atoms with E-state index in [-0.39, 0.29) is 5.82 Å². The van der Waals surface area contributed by atoms with Crippen molar-refractivity contribution >= 4 is 11.0 Å². The highest BCUT2D eigenvalue weighted by Gasteiger charge is 2.12. The molecule has 2 nitrogen and oxygen atoms in total. The second-order valence-electron chi connectivity index (χ2n) is 5.68. The largest absolute Gasteiger partial charge is 0.356 e. The lowest BCUT2D eigenvalue weighted by atomic mass is 9.89. The standard InChI is InChI=1S/C14H18FNO/c1-14(2,3)8-4-5-12-11-7-6-10(15)9-13(11)17-16-12/h6-7,9H,4-5,8H2,1-3H3. The van der Waals surface area contributed by atoms with E-state index in [9.17, 15) is 4.39 Å². The third kappa shape index (κ3) is 3.05. The van der Waals surface area contributed by atoms with Crippen molar-refractivity contribution in [3.63, 3.8) is 0 Å². The maximum Gasteiger partial charge on any atom is 0.170 e. The van der Waals surface area contributed by atoms with Gasteiger partial charge in [-0.05, 0) is 36.8 Å². The number of hydrogen-bond donors (Lipinski definition) is 0. The Hall–Kier alpha value is -1.38. The number of fused-ring (bicyclic) bond motifs is 1. The summed E-state index contributed by atoms with van der Waals surface area (Å²) in [7, 11) is 0. The topological polar surface area (TPSA) is 26.0 Å². The van der Waals surface area contributed by atoms with E-state index in [0.717, 1.165) is 30.3 Å². The molecule has 0 unspecified atom stereocenters. The number of benzene rings is 1.